The maximum absolute atomic E-state index is 9.40. The number of nitrogen functional groups attached to an aromatic ring is 1. The normalized spacial score (nSPS) is 13.1. The number of nitrogens with two attached hydrogens (primary N) is 1. The van der Waals surface area contributed by atoms with Crippen LogP contribution in [0, 0.1) is 11.3 Å². The van der Waals surface area contributed by atoms with E-state index >= 15 is 0 Å². The Morgan fingerprint density at radius 1 is 1.36 bits per heavy atom. The summed E-state index contributed by atoms with van der Waals surface area (Å²) in [4.78, 5) is 12.3. The van der Waals surface area contributed by atoms with E-state index in [1.54, 1.807) is 6.20 Å². The number of ether oxygens (including phenoxy) is 2. The third-order valence-electron chi connectivity index (χ3n) is 3.03. The summed E-state index contributed by atoms with van der Waals surface area (Å²) < 4.78 is 11.0. The molecule has 7 heteroatoms. The Bertz CT molecular complexity index is 753. The van der Waals surface area contributed by atoms with Crippen molar-refractivity contribution >= 4 is 11.7 Å². The highest BCUT2D eigenvalue weighted by Crippen LogP contribution is 2.28. The second-order valence-corrected chi connectivity index (χ2v) is 4.54. The largest absolute Gasteiger partial charge is 0.491 e. The minimum atomic E-state index is 0.0291. The minimum absolute atomic E-state index is 0.0291. The summed E-state index contributed by atoms with van der Waals surface area (Å²) in [5, 5.41) is 9.40. The van der Waals surface area contributed by atoms with Crippen molar-refractivity contribution < 1.29 is 9.47 Å². The molecule has 0 aliphatic carbocycles. The number of hydrogen-bond acceptors (Lipinski definition) is 7. The highest BCUT2D eigenvalue weighted by atomic mass is 16.5. The van der Waals surface area contributed by atoms with Crippen LogP contribution < -0.4 is 10.5 Å². The van der Waals surface area contributed by atoms with Crippen LogP contribution in [0.25, 0.3) is 5.76 Å². The number of aromatic nitrogens is 3. The molecule has 0 fully saturated rings. The predicted octanol–water partition coefficient (Wildman–Crippen LogP) is 1.67. The smallest absolute Gasteiger partial charge is 0.237 e. The first-order valence-electron chi connectivity index (χ1n) is 6.71. The Balaban J connectivity index is 1.92. The maximum Gasteiger partial charge on any atom is 0.237 e. The van der Waals surface area contributed by atoms with Gasteiger partial charge in [0.2, 0.25) is 11.8 Å². The average Bonchev–Trinajstić information content (AvgIpc) is 3.07. The van der Waals surface area contributed by atoms with Crippen molar-refractivity contribution in [3.63, 3.8) is 0 Å². The molecule has 2 N–H and O–H groups in total. The molecule has 0 aromatic carbocycles. The molecule has 3 rings (SSSR count). The van der Waals surface area contributed by atoms with Gasteiger partial charge in [0.15, 0.2) is 0 Å². The Kier molecular flexibility index (Phi) is 3.83. The lowest BCUT2D eigenvalue weighted by atomic mass is 10.2. The fourth-order valence-corrected chi connectivity index (χ4v) is 2.05. The van der Waals surface area contributed by atoms with Crippen molar-refractivity contribution in [1.29, 1.82) is 5.26 Å². The molecule has 0 saturated carbocycles. The van der Waals surface area contributed by atoms with Crippen molar-refractivity contribution in [2.45, 2.75) is 13.0 Å². The van der Waals surface area contributed by atoms with Gasteiger partial charge in [0, 0.05) is 12.6 Å². The van der Waals surface area contributed by atoms with Gasteiger partial charge >= 0.3 is 0 Å². The third kappa shape index (κ3) is 2.81. The molecule has 1 aliphatic rings. The van der Waals surface area contributed by atoms with Gasteiger partial charge in [-0.1, -0.05) is 6.07 Å². The van der Waals surface area contributed by atoms with Gasteiger partial charge in [0.1, 0.15) is 29.7 Å². The van der Waals surface area contributed by atoms with Crippen molar-refractivity contribution in [2.75, 3.05) is 12.3 Å². The van der Waals surface area contributed by atoms with Crippen molar-refractivity contribution in [2.24, 2.45) is 0 Å². The van der Waals surface area contributed by atoms with E-state index < -0.39 is 0 Å². The molecular formula is C15H13N5O2. The molecule has 0 unspecified atom stereocenters. The quantitative estimate of drug-likeness (QED) is 0.914. The summed E-state index contributed by atoms with van der Waals surface area (Å²) in [6.45, 7) is 0.750. The van der Waals surface area contributed by atoms with Gasteiger partial charge in [-0.15, -0.1) is 0 Å². The van der Waals surface area contributed by atoms with Crippen LogP contribution in [-0.2, 0) is 11.3 Å². The highest BCUT2D eigenvalue weighted by Gasteiger charge is 2.21. The van der Waals surface area contributed by atoms with Gasteiger partial charge in [0.05, 0.1) is 12.3 Å². The first kappa shape index (κ1) is 13.8. The number of hydrogen-bond donors (Lipinski definition) is 1. The molecule has 0 amide bonds. The summed E-state index contributed by atoms with van der Waals surface area (Å²) in [5.41, 5.74) is 7.00. The Morgan fingerprint density at radius 2 is 2.27 bits per heavy atom. The lowest BCUT2D eigenvalue weighted by molar-refractivity contribution is 0.286. The number of nitrogens with zero attached hydrogens (tertiary/aromatic N) is 4. The van der Waals surface area contributed by atoms with Crippen LogP contribution in [0.4, 0.5) is 5.95 Å². The molecule has 7 nitrogen and oxygen atoms in total. The molecule has 1 aliphatic heterocycles. The second kappa shape index (κ2) is 6.10. The third-order valence-corrected chi connectivity index (χ3v) is 3.03. The van der Waals surface area contributed by atoms with Crippen LogP contribution in [-0.4, -0.2) is 21.6 Å². The van der Waals surface area contributed by atoms with Gasteiger partial charge in [-0.2, -0.15) is 10.2 Å². The average molecular weight is 295 g/mol. The van der Waals surface area contributed by atoms with Gasteiger partial charge in [0.25, 0.3) is 0 Å². The summed E-state index contributed by atoms with van der Waals surface area (Å²) in [7, 11) is 0. The maximum atomic E-state index is 9.40. The van der Waals surface area contributed by atoms with E-state index in [0.29, 0.717) is 18.1 Å². The van der Waals surface area contributed by atoms with Gasteiger partial charge in [-0.05, 0) is 18.2 Å². The summed E-state index contributed by atoms with van der Waals surface area (Å²) in [5.74, 6) is 0.696. The van der Waals surface area contributed by atoms with Gasteiger partial charge in [-0.3, -0.25) is 4.98 Å². The zero-order chi connectivity index (χ0) is 15.4. The van der Waals surface area contributed by atoms with E-state index in [2.05, 4.69) is 21.0 Å². The molecule has 0 spiro atoms. The van der Waals surface area contributed by atoms with E-state index in [9.17, 15) is 5.26 Å². The molecular weight excluding hydrogens is 282 g/mol. The number of nitriles is 1. The Morgan fingerprint density at radius 3 is 2.95 bits per heavy atom. The van der Waals surface area contributed by atoms with Crippen LogP contribution >= 0.6 is 0 Å². The standard InChI is InChI=1S/C15H13N5O2/c16-8-11-13(12-5-3-7-21-12)19-15(17)20-14(11)22-9-10-4-1-2-6-18-10/h1-2,4-6H,3,7,9H2,(H2,17,19,20). The van der Waals surface area contributed by atoms with E-state index in [0.717, 1.165) is 12.1 Å². The van der Waals surface area contributed by atoms with Gasteiger partial charge in [-0.25, -0.2) is 4.98 Å². The van der Waals surface area contributed by atoms with E-state index in [-0.39, 0.29) is 24.0 Å². The van der Waals surface area contributed by atoms with Crippen molar-refractivity contribution in [3.05, 3.63) is 47.4 Å². The fourth-order valence-electron chi connectivity index (χ4n) is 2.05. The molecule has 0 saturated heterocycles. The van der Waals surface area contributed by atoms with Crippen LogP contribution in [0.15, 0.2) is 30.5 Å². The Hall–Kier alpha value is -3.14. The lowest BCUT2D eigenvalue weighted by Gasteiger charge is -2.11. The molecule has 2 aromatic rings. The molecule has 2 aromatic heterocycles. The summed E-state index contributed by atoms with van der Waals surface area (Å²) in [6, 6.07) is 7.55. The molecule has 110 valence electrons. The zero-order valence-corrected chi connectivity index (χ0v) is 11.7. The molecule has 0 radical (unpaired) electrons. The summed E-state index contributed by atoms with van der Waals surface area (Å²) >= 11 is 0. The predicted molar refractivity (Wildman–Crippen MR) is 78.3 cm³/mol. The van der Waals surface area contributed by atoms with Crippen LogP contribution in [0.5, 0.6) is 5.88 Å². The lowest BCUT2D eigenvalue weighted by Crippen LogP contribution is -2.08. The first-order valence-corrected chi connectivity index (χ1v) is 6.71. The van der Waals surface area contributed by atoms with E-state index in [1.807, 2.05) is 24.3 Å². The Labute approximate surface area is 127 Å². The van der Waals surface area contributed by atoms with Crippen molar-refractivity contribution in [3.8, 4) is 11.9 Å². The van der Waals surface area contributed by atoms with Crippen LogP contribution in [0.2, 0.25) is 0 Å². The minimum Gasteiger partial charge on any atom is -0.491 e. The number of rotatable bonds is 4. The van der Waals surface area contributed by atoms with Gasteiger partial charge < -0.3 is 15.2 Å². The molecule has 0 atom stereocenters. The molecule has 0 bridgehead atoms. The number of pyridine rings is 1. The fraction of sp³-hybridized carbons (Fsp3) is 0.200. The van der Waals surface area contributed by atoms with E-state index in [4.69, 9.17) is 15.2 Å². The highest BCUT2D eigenvalue weighted by molar-refractivity contribution is 5.66. The van der Waals surface area contributed by atoms with Crippen molar-refractivity contribution in [1.82, 2.24) is 15.0 Å². The molecule has 3 heterocycles. The van der Waals surface area contributed by atoms with Crippen LogP contribution in [0.1, 0.15) is 23.4 Å². The first-order chi connectivity index (χ1) is 10.8. The van der Waals surface area contributed by atoms with E-state index in [1.165, 1.54) is 0 Å². The monoisotopic (exact) mass is 295 g/mol. The number of anilines is 1. The van der Waals surface area contributed by atoms with Crippen LogP contribution in [0.3, 0.4) is 0 Å². The second-order valence-electron chi connectivity index (χ2n) is 4.54. The topological polar surface area (TPSA) is 107 Å². The SMILES string of the molecule is N#Cc1c(OCc2ccccn2)nc(N)nc1C1=CCCO1. The zero-order valence-electron chi connectivity index (χ0n) is 11.7. The molecule has 22 heavy (non-hydrogen) atoms. The summed E-state index contributed by atoms with van der Waals surface area (Å²) in [6.07, 6.45) is 4.31.